The average Bonchev–Trinajstić information content (AvgIpc) is 2.95. The molecule has 0 unspecified atom stereocenters. The van der Waals surface area contributed by atoms with Gasteiger partial charge in [0.25, 0.3) is 0 Å². The van der Waals surface area contributed by atoms with Crippen LogP contribution in [0.4, 0.5) is 13.6 Å². The van der Waals surface area contributed by atoms with E-state index in [-0.39, 0.29) is 19.1 Å². The van der Waals surface area contributed by atoms with E-state index in [9.17, 15) is 13.6 Å². The molecule has 1 fully saturated rings. The number of amides is 1. The molecule has 0 bridgehead atoms. The van der Waals surface area contributed by atoms with Crippen molar-refractivity contribution in [2.45, 2.75) is 70.9 Å². The molecular weight excluding hydrogens is 354 g/mol. The second-order valence-corrected chi connectivity index (χ2v) is 8.02. The largest absolute Gasteiger partial charge is 0.490 e. The molecule has 152 valence electrons. The number of nitrogens with two attached hydrogens (primary N) is 1. The molecule has 1 amide bonds. The van der Waals surface area contributed by atoms with Crippen LogP contribution in [0.1, 0.15) is 58.6 Å². The van der Waals surface area contributed by atoms with E-state index in [0.29, 0.717) is 17.9 Å². The number of carbonyl (C=O) groups is 1. The van der Waals surface area contributed by atoms with Gasteiger partial charge in [-0.3, -0.25) is 4.90 Å². The number of benzene rings is 1. The quantitative estimate of drug-likeness (QED) is 0.792. The van der Waals surface area contributed by atoms with Gasteiger partial charge in [0.05, 0.1) is 18.7 Å². The molecule has 2 N–H and O–H groups in total. The Hall–Kier alpha value is -1.89. The SMILES string of the molecule is C[C@H](CCCN)Oc1ccc(F)cc1[C@H]1C[C@H](F)CN1C(=O)OC(C)(C)C. The van der Waals surface area contributed by atoms with Gasteiger partial charge in [-0.05, 0) is 65.3 Å². The van der Waals surface area contributed by atoms with Crippen LogP contribution in [0.5, 0.6) is 5.75 Å². The zero-order valence-electron chi connectivity index (χ0n) is 16.5. The first-order valence-corrected chi connectivity index (χ1v) is 9.40. The summed E-state index contributed by atoms with van der Waals surface area (Å²) in [4.78, 5) is 13.9. The van der Waals surface area contributed by atoms with Gasteiger partial charge in [0.2, 0.25) is 0 Å². The van der Waals surface area contributed by atoms with Crippen molar-refractivity contribution in [1.29, 1.82) is 0 Å². The van der Waals surface area contributed by atoms with Crippen molar-refractivity contribution >= 4 is 6.09 Å². The van der Waals surface area contributed by atoms with E-state index in [2.05, 4.69) is 0 Å². The lowest BCUT2D eigenvalue weighted by Gasteiger charge is -2.29. The lowest BCUT2D eigenvalue weighted by molar-refractivity contribution is 0.0214. The maximum Gasteiger partial charge on any atom is 0.410 e. The van der Waals surface area contributed by atoms with Crippen LogP contribution in [-0.4, -0.2) is 42.0 Å². The second-order valence-electron chi connectivity index (χ2n) is 8.02. The third-order valence-corrected chi connectivity index (χ3v) is 4.35. The van der Waals surface area contributed by atoms with Crippen LogP contribution in [0.15, 0.2) is 18.2 Å². The Bertz CT molecular complexity index is 649. The van der Waals surface area contributed by atoms with Gasteiger partial charge < -0.3 is 15.2 Å². The highest BCUT2D eigenvalue weighted by Gasteiger charge is 2.40. The lowest BCUT2D eigenvalue weighted by atomic mass is 10.0. The molecule has 1 aliphatic rings. The molecule has 0 aromatic heterocycles. The minimum absolute atomic E-state index is 0.0796. The summed E-state index contributed by atoms with van der Waals surface area (Å²) in [6, 6.07) is 3.50. The number of rotatable bonds is 6. The number of hydrogen-bond donors (Lipinski definition) is 1. The zero-order chi connectivity index (χ0) is 20.2. The minimum Gasteiger partial charge on any atom is -0.490 e. The molecule has 0 radical (unpaired) electrons. The molecule has 3 atom stereocenters. The van der Waals surface area contributed by atoms with Crippen molar-refractivity contribution in [3.63, 3.8) is 0 Å². The van der Waals surface area contributed by atoms with Gasteiger partial charge in [0, 0.05) is 12.0 Å². The standard InChI is InChI=1S/C20H30F2N2O3/c1-13(6-5-9-23)26-18-8-7-14(21)10-16(18)17-11-15(22)12-24(17)19(25)27-20(2,3)4/h7-8,10,13,15,17H,5-6,9,11-12,23H2,1-4H3/t13-,15+,17-/m1/s1. The molecule has 0 saturated carbocycles. The van der Waals surface area contributed by atoms with E-state index in [0.717, 1.165) is 12.8 Å². The summed E-state index contributed by atoms with van der Waals surface area (Å²) < 4.78 is 39.5. The highest BCUT2D eigenvalue weighted by atomic mass is 19.1. The lowest BCUT2D eigenvalue weighted by Crippen LogP contribution is -2.37. The van der Waals surface area contributed by atoms with Crippen LogP contribution in [0.3, 0.4) is 0 Å². The van der Waals surface area contributed by atoms with Crippen LogP contribution in [0.2, 0.25) is 0 Å². The Morgan fingerprint density at radius 2 is 2.11 bits per heavy atom. The molecular formula is C20H30F2N2O3. The van der Waals surface area contributed by atoms with Crippen LogP contribution in [0, 0.1) is 5.82 Å². The van der Waals surface area contributed by atoms with Crippen molar-refractivity contribution in [3.05, 3.63) is 29.6 Å². The summed E-state index contributed by atoms with van der Waals surface area (Å²) in [5.74, 6) is -0.00742. The Morgan fingerprint density at radius 1 is 1.41 bits per heavy atom. The highest BCUT2D eigenvalue weighted by molar-refractivity contribution is 5.69. The fourth-order valence-corrected chi connectivity index (χ4v) is 3.17. The molecule has 7 heteroatoms. The first-order valence-electron chi connectivity index (χ1n) is 9.40. The number of alkyl halides is 1. The molecule has 1 aliphatic heterocycles. The first kappa shape index (κ1) is 21.4. The van der Waals surface area contributed by atoms with Gasteiger partial charge in [-0.1, -0.05) is 0 Å². The van der Waals surface area contributed by atoms with E-state index < -0.39 is 29.7 Å². The number of ether oxygens (including phenoxy) is 2. The molecule has 27 heavy (non-hydrogen) atoms. The van der Waals surface area contributed by atoms with Crippen LogP contribution < -0.4 is 10.5 Å². The summed E-state index contributed by atoms with van der Waals surface area (Å²) in [6.45, 7) is 7.62. The third kappa shape index (κ3) is 6.06. The summed E-state index contributed by atoms with van der Waals surface area (Å²) in [5.41, 5.74) is 5.29. The van der Waals surface area contributed by atoms with Crippen LogP contribution in [0.25, 0.3) is 0 Å². The van der Waals surface area contributed by atoms with Gasteiger partial charge in [-0.25, -0.2) is 13.6 Å². The highest BCUT2D eigenvalue weighted by Crippen LogP contribution is 2.39. The molecule has 5 nitrogen and oxygen atoms in total. The van der Waals surface area contributed by atoms with E-state index >= 15 is 0 Å². The Kier molecular flexibility index (Phi) is 7.03. The molecule has 2 rings (SSSR count). The maximum absolute atomic E-state index is 14.2. The van der Waals surface area contributed by atoms with Crippen molar-refractivity contribution < 1.29 is 23.0 Å². The number of likely N-dealkylation sites (tertiary alicyclic amines) is 1. The van der Waals surface area contributed by atoms with E-state index in [1.807, 2.05) is 6.92 Å². The van der Waals surface area contributed by atoms with E-state index in [4.69, 9.17) is 15.2 Å². The fourth-order valence-electron chi connectivity index (χ4n) is 3.17. The number of halogens is 2. The summed E-state index contributed by atoms with van der Waals surface area (Å²) in [7, 11) is 0. The van der Waals surface area contributed by atoms with Crippen molar-refractivity contribution in [2.75, 3.05) is 13.1 Å². The van der Waals surface area contributed by atoms with E-state index in [1.165, 1.54) is 23.1 Å². The molecule has 1 aromatic carbocycles. The normalized spacial score (nSPS) is 21.2. The van der Waals surface area contributed by atoms with Crippen molar-refractivity contribution in [3.8, 4) is 5.75 Å². The Balaban J connectivity index is 2.28. The molecule has 0 spiro atoms. The smallest absolute Gasteiger partial charge is 0.410 e. The van der Waals surface area contributed by atoms with Gasteiger partial charge in [0.15, 0.2) is 0 Å². The summed E-state index contributed by atoms with van der Waals surface area (Å²) in [5, 5.41) is 0. The van der Waals surface area contributed by atoms with Gasteiger partial charge in [-0.2, -0.15) is 0 Å². The zero-order valence-corrected chi connectivity index (χ0v) is 16.5. The summed E-state index contributed by atoms with van der Waals surface area (Å²) >= 11 is 0. The molecule has 1 aromatic rings. The minimum atomic E-state index is -1.20. The number of carbonyl (C=O) groups excluding carboxylic acids is 1. The van der Waals surface area contributed by atoms with Gasteiger partial charge in [0.1, 0.15) is 23.3 Å². The van der Waals surface area contributed by atoms with Crippen LogP contribution in [-0.2, 0) is 4.74 Å². The monoisotopic (exact) mass is 384 g/mol. The molecule has 1 saturated heterocycles. The van der Waals surface area contributed by atoms with Gasteiger partial charge >= 0.3 is 6.09 Å². The molecule has 0 aliphatic carbocycles. The first-order chi connectivity index (χ1) is 12.6. The maximum atomic E-state index is 14.2. The predicted molar refractivity (Wildman–Crippen MR) is 100.0 cm³/mol. The average molecular weight is 384 g/mol. The van der Waals surface area contributed by atoms with Gasteiger partial charge in [-0.15, -0.1) is 0 Å². The topological polar surface area (TPSA) is 64.8 Å². The molecule has 1 heterocycles. The van der Waals surface area contributed by atoms with Crippen molar-refractivity contribution in [1.82, 2.24) is 4.90 Å². The number of hydrogen-bond acceptors (Lipinski definition) is 4. The number of nitrogens with zero attached hydrogens (tertiary/aromatic N) is 1. The summed E-state index contributed by atoms with van der Waals surface area (Å²) in [6.07, 6.45) is -0.310. The second kappa shape index (κ2) is 8.87. The van der Waals surface area contributed by atoms with E-state index in [1.54, 1.807) is 20.8 Å². The Morgan fingerprint density at radius 3 is 2.74 bits per heavy atom. The third-order valence-electron chi connectivity index (χ3n) is 4.35. The predicted octanol–water partition coefficient (Wildman–Crippen LogP) is 4.35. The Labute approximate surface area is 159 Å². The van der Waals surface area contributed by atoms with Crippen molar-refractivity contribution in [2.24, 2.45) is 5.73 Å². The fraction of sp³-hybridized carbons (Fsp3) is 0.650. The van der Waals surface area contributed by atoms with Crippen LogP contribution >= 0.6 is 0 Å².